The number of hydrogen-bond acceptors (Lipinski definition) is 0. The van der Waals surface area contributed by atoms with Crippen LogP contribution in [0.1, 0.15) is 0 Å². The standard InChI is InChI=1S/C14H10ClN/c15-13-6-2-1-5-11(13)12-8-10-16-9-4-3-7-14(12)16/h1-10H. The van der Waals surface area contributed by atoms with Gasteiger partial charge in [-0.2, -0.15) is 0 Å². The van der Waals surface area contributed by atoms with Gasteiger partial charge in [-0.25, -0.2) is 0 Å². The third-order valence-corrected chi connectivity index (χ3v) is 3.06. The van der Waals surface area contributed by atoms with E-state index in [-0.39, 0.29) is 0 Å². The Kier molecular flexibility index (Phi) is 2.19. The highest BCUT2D eigenvalue weighted by Gasteiger charge is 2.06. The van der Waals surface area contributed by atoms with Gasteiger partial charge in [0.1, 0.15) is 0 Å². The molecule has 0 fully saturated rings. The third kappa shape index (κ3) is 1.41. The maximum atomic E-state index is 6.21. The molecule has 0 bridgehead atoms. The summed E-state index contributed by atoms with van der Waals surface area (Å²) >= 11 is 6.21. The van der Waals surface area contributed by atoms with Crippen LogP contribution in [0.15, 0.2) is 60.9 Å². The predicted octanol–water partition coefficient (Wildman–Crippen LogP) is 4.26. The van der Waals surface area contributed by atoms with Crippen molar-refractivity contribution >= 4 is 17.1 Å². The summed E-state index contributed by atoms with van der Waals surface area (Å²) in [4.78, 5) is 0. The van der Waals surface area contributed by atoms with Gasteiger partial charge < -0.3 is 4.40 Å². The fourth-order valence-corrected chi connectivity index (χ4v) is 2.20. The highest BCUT2D eigenvalue weighted by molar-refractivity contribution is 6.33. The lowest BCUT2D eigenvalue weighted by atomic mass is 10.1. The fraction of sp³-hybridized carbons (Fsp3) is 0. The van der Waals surface area contributed by atoms with E-state index < -0.39 is 0 Å². The monoisotopic (exact) mass is 227 g/mol. The van der Waals surface area contributed by atoms with E-state index in [0.29, 0.717) is 0 Å². The molecule has 3 rings (SSSR count). The summed E-state index contributed by atoms with van der Waals surface area (Å²) in [7, 11) is 0. The molecule has 16 heavy (non-hydrogen) atoms. The highest BCUT2D eigenvalue weighted by atomic mass is 35.5. The largest absolute Gasteiger partial charge is 0.323 e. The molecule has 0 N–H and O–H groups in total. The smallest absolute Gasteiger partial charge is 0.0528 e. The van der Waals surface area contributed by atoms with Gasteiger partial charge in [-0.3, -0.25) is 0 Å². The Morgan fingerprint density at radius 1 is 0.750 bits per heavy atom. The van der Waals surface area contributed by atoms with Crippen LogP contribution in [0.25, 0.3) is 16.6 Å². The summed E-state index contributed by atoms with van der Waals surface area (Å²) in [6.07, 6.45) is 4.09. The highest BCUT2D eigenvalue weighted by Crippen LogP contribution is 2.31. The molecular weight excluding hydrogens is 218 g/mol. The van der Waals surface area contributed by atoms with Gasteiger partial charge in [0.15, 0.2) is 0 Å². The summed E-state index contributed by atoms with van der Waals surface area (Å²) in [6, 6.07) is 16.2. The second kappa shape index (κ2) is 3.69. The van der Waals surface area contributed by atoms with Gasteiger partial charge in [0.2, 0.25) is 0 Å². The lowest BCUT2D eigenvalue weighted by molar-refractivity contribution is 1.20. The number of fused-ring (bicyclic) bond motifs is 1. The Balaban J connectivity index is 2.31. The Bertz CT molecular complexity index is 640. The van der Waals surface area contributed by atoms with E-state index in [9.17, 15) is 0 Å². The van der Waals surface area contributed by atoms with E-state index in [1.807, 2.05) is 48.8 Å². The van der Waals surface area contributed by atoms with Crippen molar-refractivity contribution in [1.29, 1.82) is 0 Å². The fourth-order valence-electron chi connectivity index (χ4n) is 1.96. The Labute approximate surface area is 98.9 Å². The molecule has 0 atom stereocenters. The van der Waals surface area contributed by atoms with Crippen LogP contribution < -0.4 is 0 Å². The molecule has 0 spiro atoms. The van der Waals surface area contributed by atoms with Crippen molar-refractivity contribution in [2.45, 2.75) is 0 Å². The maximum Gasteiger partial charge on any atom is 0.0528 e. The van der Waals surface area contributed by atoms with Crippen LogP contribution in [-0.2, 0) is 0 Å². The van der Waals surface area contributed by atoms with Gasteiger partial charge in [-0.05, 0) is 24.3 Å². The number of pyridine rings is 1. The molecule has 0 saturated carbocycles. The van der Waals surface area contributed by atoms with E-state index in [2.05, 4.69) is 16.5 Å². The second-order valence-corrected chi connectivity index (χ2v) is 4.11. The molecule has 1 aromatic carbocycles. The quantitative estimate of drug-likeness (QED) is 0.585. The summed E-state index contributed by atoms with van der Waals surface area (Å²) in [6.45, 7) is 0. The van der Waals surface area contributed by atoms with Gasteiger partial charge in [-0.1, -0.05) is 35.9 Å². The van der Waals surface area contributed by atoms with Crippen LogP contribution in [0, 0.1) is 0 Å². The van der Waals surface area contributed by atoms with Gasteiger partial charge >= 0.3 is 0 Å². The van der Waals surface area contributed by atoms with Crippen LogP contribution in [0.4, 0.5) is 0 Å². The topological polar surface area (TPSA) is 4.41 Å². The molecule has 0 amide bonds. The first-order chi connectivity index (χ1) is 7.86. The van der Waals surface area contributed by atoms with E-state index >= 15 is 0 Å². The lowest BCUT2D eigenvalue weighted by Gasteiger charge is -2.02. The van der Waals surface area contributed by atoms with Gasteiger partial charge in [0, 0.05) is 28.5 Å². The number of halogens is 1. The summed E-state index contributed by atoms with van der Waals surface area (Å²) in [5.41, 5.74) is 3.43. The van der Waals surface area contributed by atoms with Gasteiger partial charge in [-0.15, -0.1) is 0 Å². The number of aromatic nitrogens is 1. The van der Waals surface area contributed by atoms with Crippen molar-refractivity contribution in [3.63, 3.8) is 0 Å². The SMILES string of the molecule is Clc1ccccc1-c1ccn2ccccc12. The van der Waals surface area contributed by atoms with Gasteiger partial charge in [0.05, 0.1) is 5.52 Å². The molecule has 0 saturated heterocycles. The molecule has 0 aliphatic heterocycles. The molecule has 78 valence electrons. The Hall–Kier alpha value is -1.73. The van der Waals surface area contributed by atoms with Crippen LogP contribution in [0.3, 0.4) is 0 Å². The van der Waals surface area contributed by atoms with Crippen molar-refractivity contribution in [1.82, 2.24) is 4.40 Å². The minimum Gasteiger partial charge on any atom is -0.323 e. The molecule has 1 nitrogen and oxygen atoms in total. The lowest BCUT2D eigenvalue weighted by Crippen LogP contribution is -1.81. The van der Waals surface area contributed by atoms with Crippen LogP contribution >= 0.6 is 11.6 Å². The molecule has 0 radical (unpaired) electrons. The molecule has 3 aromatic rings. The van der Waals surface area contributed by atoms with Crippen LogP contribution in [-0.4, -0.2) is 4.40 Å². The Morgan fingerprint density at radius 3 is 2.44 bits per heavy atom. The average molecular weight is 228 g/mol. The summed E-state index contributed by atoms with van der Waals surface area (Å²) in [5, 5.41) is 0.791. The van der Waals surface area contributed by atoms with Crippen molar-refractivity contribution in [2.75, 3.05) is 0 Å². The van der Waals surface area contributed by atoms with E-state index in [1.54, 1.807) is 0 Å². The van der Waals surface area contributed by atoms with Crippen molar-refractivity contribution in [2.24, 2.45) is 0 Å². The first-order valence-corrected chi connectivity index (χ1v) is 5.54. The third-order valence-electron chi connectivity index (χ3n) is 2.73. The number of benzene rings is 1. The van der Waals surface area contributed by atoms with Crippen LogP contribution in [0.5, 0.6) is 0 Å². The molecule has 0 aliphatic carbocycles. The van der Waals surface area contributed by atoms with E-state index in [0.717, 1.165) is 10.6 Å². The van der Waals surface area contributed by atoms with Gasteiger partial charge in [0.25, 0.3) is 0 Å². The number of rotatable bonds is 1. The van der Waals surface area contributed by atoms with Crippen LogP contribution in [0.2, 0.25) is 5.02 Å². The molecule has 0 aliphatic rings. The van der Waals surface area contributed by atoms with Crippen molar-refractivity contribution in [3.8, 4) is 11.1 Å². The summed E-state index contributed by atoms with van der Waals surface area (Å²) in [5.74, 6) is 0. The zero-order valence-corrected chi connectivity index (χ0v) is 9.35. The molecular formula is C14H10ClN. The molecule has 2 heterocycles. The first kappa shape index (κ1) is 9.49. The number of nitrogens with zero attached hydrogens (tertiary/aromatic N) is 1. The normalized spacial score (nSPS) is 10.8. The second-order valence-electron chi connectivity index (χ2n) is 3.70. The van der Waals surface area contributed by atoms with E-state index in [1.165, 1.54) is 11.1 Å². The number of hydrogen-bond donors (Lipinski definition) is 0. The zero-order valence-electron chi connectivity index (χ0n) is 8.60. The minimum absolute atomic E-state index is 0.791. The predicted molar refractivity (Wildman–Crippen MR) is 67.8 cm³/mol. The molecule has 2 heteroatoms. The Morgan fingerprint density at radius 2 is 1.56 bits per heavy atom. The molecule has 0 unspecified atom stereocenters. The zero-order chi connectivity index (χ0) is 11.0. The average Bonchev–Trinajstić information content (AvgIpc) is 2.74. The molecule has 2 aromatic heterocycles. The van der Waals surface area contributed by atoms with Crippen molar-refractivity contribution < 1.29 is 0 Å². The summed E-state index contributed by atoms with van der Waals surface area (Å²) < 4.78 is 2.10. The minimum atomic E-state index is 0.791. The van der Waals surface area contributed by atoms with Crippen molar-refractivity contribution in [3.05, 3.63) is 65.9 Å². The maximum absolute atomic E-state index is 6.21. The van der Waals surface area contributed by atoms with E-state index in [4.69, 9.17) is 11.6 Å². The first-order valence-electron chi connectivity index (χ1n) is 5.17.